The van der Waals surface area contributed by atoms with Crippen LogP contribution in [0.15, 0.2) is 0 Å². The Labute approximate surface area is 113 Å². The van der Waals surface area contributed by atoms with Gasteiger partial charge in [0.05, 0.1) is 6.61 Å². The highest BCUT2D eigenvalue weighted by Crippen LogP contribution is 2.42. The third-order valence-electron chi connectivity index (χ3n) is 3.68. The van der Waals surface area contributed by atoms with Crippen LogP contribution in [0.2, 0.25) is 0 Å². The van der Waals surface area contributed by atoms with Gasteiger partial charge in [-0.3, -0.25) is 0 Å². The SMILES string of the molecule is COC1O[C@H]([C@H]2COC(C)(C)O2)[C@@H]2OC(C)(C)O[C@H]12. The van der Waals surface area contributed by atoms with Crippen molar-refractivity contribution in [1.29, 1.82) is 0 Å². The lowest BCUT2D eigenvalue weighted by Crippen LogP contribution is -2.40. The molecule has 0 aliphatic carbocycles. The summed E-state index contributed by atoms with van der Waals surface area (Å²) >= 11 is 0. The van der Waals surface area contributed by atoms with Gasteiger partial charge in [0, 0.05) is 7.11 Å². The van der Waals surface area contributed by atoms with Crippen LogP contribution in [-0.2, 0) is 28.4 Å². The first kappa shape index (κ1) is 13.7. The second kappa shape index (κ2) is 4.38. The van der Waals surface area contributed by atoms with E-state index in [4.69, 9.17) is 28.4 Å². The van der Waals surface area contributed by atoms with Crippen LogP contribution in [0.25, 0.3) is 0 Å². The van der Waals surface area contributed by atoms with E-state index in [-0.39, 0.29) is 24.4 Å². The number of methoxy groups -OCH3 is 1. The van der Waals surface area contributed by atoms with Crippen LogP contribution >= 0.6 is 0 Å². The van der Waals surface area contributed by atoms with Gasteiger partial charge in [-0.2, -0.15) is 0 Å². The minimum atomic E-state index is -0.622. The number of hydrogen-bond donors (Lipinski definition) is 0. The number of rotatable bonds is 2. The van der Waals surface area contributed by atoms with Crippen LogP contribution in [0.4, 0.5) is 0 Å². The van der Waals surface area contributed by atoms with Gasteiger partial charge in [0.2, 0.25) is 0 Å². The second-order valence-corrected chi connectivity index (χ2v) is 6.14. The van der Waals surface area contributed by atoms with Crippen LogP contribution in [0.5, 0.6) is 0 Å². The molecule has 3 aliphatic heterocycles. The molecule has 0 aromatic heterocycles. The standard InChI is InChI=1S/C13H22O6/c1-12(2)15-6-7(17-12)8-9-10(11(14-5)16-8)19-13(3,4)18-9/h7-11H,6H2,1-5H3/t7-,8-,9+,10+,11?/m1/s1. The average Bonchev–Trinajstić information content (AvgIpc) is 2.89. The number of hydrogen-bond acceptors (Lipinski definition) is 6. The molecule has 0 N–H and O–H groups in total. The molecule has 0 radical (unpaired) electrons. The summed E-state index contributed by atoms with van der Waals surface area (Å²) in [4.78, 5) is 0. The normalized spacial score (nSPS) is 47.5. The predicted octanol–water partition coefficient (Wildman–Crippen LogP) is 1.03. The molecule has 6 nitrogen and oxygen atoms in total. The first-order chi connectivity index (χ1) is 8.81. The van der Waals surface area contributed by atoms with Crippen molar-refractivity contribution in [1.82, 2.24) is 0 Å². The van der Waals surface area contributed by atoms with E-state index in [1.165, 1.54) is 0 Å². The Morgan fingerprint density at radius 2 is 1.58 bits per heavy atom. The van der Waals surface area contributed by atoms with E-state index in [1.807, 2.05) is 27.7 Å². The van der Waals surface area contributed by atoms with Gasteiger partial charge in [-0.05, 0) is 27.7 Å². The fourth-order valence-electron chi connectivity index (χ4n) is 2.96. The third-order valence-corrected chi connectivity index (χ3v) is 3.68. The van der Waals surface area contributed by atoms with Gasteiger partial charge in [-0.15, -0.1) is 0 Å². The van der Waals surface area contributed by atoms with Gasteiger partial charge >= 0.3 is 0 Å². The molecule has 0 aromatic carbocycles. The molecule has 0 aromatic rings. The Morgan fingerprint density at radius 1 is 0.895 bits per heavy atom. The minimum Gasteiger partial charge on any atom is -0.353 e. The Bertz CT molecular complexity index is 355. The Balaban J connectivity index is 1.76. The maximum Gasteiger partial charge on any atom is 0.186 e. The molecule has 0 amide bonds. The third kappa shape index (κ3) is 2.41. The van der Waals surface area contributed by atoms with Crippen LogP contribution in [-0.4, -0.2) is 56.0 Å². The van der Waals surface area contributed by atoms with E-state index in [9.17, 15) is 0 Å². The van der Waals surface area contributed by atoms with Gasteiger partial charge in [-0.1, -0.05) is 0 Å². The van der Waals surface area contributed by atoms with Crippen LogP contribution in [0.3, 0.4) is 0 Å². The van der Waals surface area contributed by atoms with Gasteiger partial charge < -0.3 is 28.4 Å². The summed E-state index contributed by atoms with van der Waals surface area (Å²) in [6.07, 6.45) is -1.25. The minimum absolute atomic E-state index is 0.167. The van der Waals surface area contributed by atoms with Gasteiger partial charge in [0.15, 0.2) is 17.9 Å². The molecule has 0 spiro atoms. The maximum absolute atomic E-state index is 5.94. The predicted molar refractivity (Wildman–Crippen MR) is 64.4 cm³/mol. The lowest BCUT2D eigenvalue weighted by molar-refractivity contribution is -0.241. The van der Waals surface area contributed by atoms with Crippen LogP contribution in [0, 0.1) is 0 Å². The van der Waals surface area contributed by atoms with E-state index < -0.39 is 17.9 Å². The molecule has 6 heteroatoms. The molecular formula is C13H22O6. The van der Waals surface area contributed by atoms with Crippen LogP contribution < -0.4 is 0 Å². The molecule has 3 aliphatic rings. The number of fused-ring (bicyclic) bond motifs is 1. The van der Waals surface area contributed by atoms with Crippen molar-refractivity contribution in [2.24, 2.45) is 0 Å². The molecule has 5 atom stereocenters. The molecule has 3 fully saturated rings. The fraction of sp³-hybridized carbons (Fsp3) is 1.00. The highest BCUT2D eigenvalue weighted by molar-refractivity contribution is 4.99. The summed E-state index contributed by atoms with van der Waals surface area (Å²) in [6, 6.07) is 0. The van der Waals surface area contributed by atoms with Crippen molar-refractivity contribution >= 4 is 0 Å². The second-order valence-electron chi connectivity index (χ2n) is 6.14. The van der Waals surface area contributed by atoms with Crippen molar-refractivity contribution in [3.8, 4) is 0 Å². The van der Waals surface area contributed by atoms with E-state index in [2.05, 4.69) is 0 Å². The molecule has 3 rings (SSSR count). The van der Waals surface area contributed by atoms with Crippen molar-refractivity contribution < 1.29 is 28.4 Å². The van der Waals surface area contributed by atoms with E-state index in [1.54, 1.807) is 7.11 Å². The summed E-state index contributed by atoms with van der Waals surface area (Å²) in [5.74, 6) is -1.20. The molecule has 0 bridgehead atoms. The summed E-state index contributed by atoms with van der Waals surface area (Å²) < 4.78 is 34.5. The topological polar surface area (TPSA) is 55.4 Å². The molecule has 3 saturated heterocycles. The Morgan fingerprint density at radius 3 is 2.16 bits per heavy atom. The zero-order valence-corrected chi connectivity index (χ0v) is 12.0. The molecule has 19 heavy (non-hydrogen) atoms. The highest BCUT2D eigenvalue weighted by atomic mass is 16.8. The lowest BCUT2D eigenvalue weighted by Gasteiger charge is -2.26. The molecule has 110 valence electrons. The molecular weight excluding hydrogens is 252 g/mol. The van der Waals surface area contributed by atoms with Crippen molar-refractivity contribution in [3.05, 3.63) is 0 Å². The first-order valence-electron chi connectivity index (χ1n) is 6.67. The van der Waals surface area contributed by atoms with E-state index in [0.29, 0.717) is 6.61 Å². The van der Waals surface area contributed by atoms with Gasteiger partial charge in [-0.25, -0.2) is 0 Å². The zero-order chi connectivity index (χ0) is 13.8. The van der Waals surface area contributed by atoms with Crippen molar-refractivity contribution in [2.45, 2.75) is 70.0 Å². The molecule has 3 heterocycles. The van der Waals surface area contributed by atoms with Gasteiger partial charge in [0.1, 0.15) is 24.4 Å². The molecule has 0 saturated carbocycles. The smallest absolute Gasteiger partial charge is 0.186 e. The van der Waals surface area contributed by atoms with E-state index in [0.717, 1.165) is 0 Å². The summed E-state index contributed by atoms with van der Waals surface area (Å²) in [6.45, 7) is 8.06. The first-order valence-corrected chi connectivity index (χ1v) is 6.67. The Hall–Kier alpha value is -0.240. The fourth-order valence-corrected chi connectivity index (χ4v) is 2.96. The van der Waals surface area contributed by atoms with E-state index >= 15 is 0 Å². The zero-order valence-electron chi connectivity index (χ0n) is 12.0. The quantitative estimate of drug-likeness (QED) is 0.749. The summed E-state index contributed by atoms with van der Waals surface area (Å²) in [5.41, 5.74) is 0. The maximum atomic E-state index is 5.94. The average molecular weight is 274 g/mol. The lowest BCUT2D eigenvalue weighted by atomic mass is 10.1. The largest absolute Gasteiger partial charge is 0.353 e. The molecule has 1 unspecified atom stereocenters. The monoisotopic (exact) mass is 274 g/mol. The summed E-state index contributed by atoms with van der Waals surface area (Å²) in [5, 5.41) is 0. The van der Waals surface area contributed by atoms with Crippen molar-refractivity contribution in [2.75, 3.05) is 13.7 Å². The summed E-state index contributed by atoms with van der Waals surface area (Å²) in [7, 11) is 1.61. The Kier molecular flexibility index (Phi) is 3.16. The van der Waals surface area contributed by atoms with Gasteiger partial charge in [0.25, 0.3) is 0 Å². The number of ether oxygens (including phenoxy) is 6. The highest BCUT2D eigenvalue weighted by Gasteiger charge is 2.59. The van der Waals surface area contributed by atoms with Crippen molar-refractivity contribution in [3.63, 3.8) is 0 Å². The van der Waals surface area contributed by atoms with Crippen LogP contribution in [0.1, 0.15) is 27.7 Å².